The fourth-order valence-electron chi connectivity index (χ4n) is 2.55. The van der Waals surface area contributed by atoms with Crippen molar-refractivity contribution in [2.45, 2.75) is 32.3 Å². The van der Waals surface area contributed by atoms with E-state index >= 15 is 0 Å². The lowest BCUT2D eigenvalue weighted by Gasteiger charge is -2.18. The fourth-order valence-corrected chi connectivity index (χ4v) is 2.77. The summed E-state index contributed by atoms with van der Waals surface area (Å²) in [6.07, 6.45) is -0.293. The quantitative estimate of drug-likeness (QED) is 0.555. The van der Waals surface area contributed by atoms with Crippen molar-refractivity contribution in [3.05, 3.63) is 70.2 Å². The van der Waals surface area contributed by atoms with Crippen LogP contribution in [0.3, 0.4) is 0 Å². The van der Waals surface area contributed by atoms with Crippen LogP contribution < -0.4 is 5.32 Å². The van der Waals surface area contributed by atoms with E-state index in [1.807, 2.05) is 37.3 Å². The lowest BCUT2D eigenvalue weighted by Crippen LogP contribution is -2.38. The third kappa shape index (κ3) is 5.50. The van der Waals surface area contributed by atoms with Crippen LogP contribution in [0.2, 0.25) is 5.02 Å². The third-order valence-corrected chi connectivity index (χ3v) is 4.48. The predicted octanol–water partition coefficient (Wildman–Crippen LogP) is 4.47. The zero-order chi connectivity index (χ0) is 20.0. The molecule has 2 aromatic rings. The van der Waals surface area contributed by atoms with E-state index < -0.39 is 29.6 Å². The molecule has 0 unspecified atom stereocenters. The maximum atomic E-state index is 13.3. The van der Waals surface area contributed by atoms with E-state index in [2.05, 4.69) is 5.32 Å². The molecule has 0 aliphatic carbocycles. The summed E-state index contributed by atoms with van der Waals surface area (Å²) in [5.41, 5.74) is 0.754. The summed E-state index contributed by atoms with van der Waals surface area (Å²) in [5.74, 6) is -3.77. The minimum atomic E-state index is -1.22. The van der Waals surface area contributed by atoms with Crippen LogP contribution in [0.4, 0.5) is 8.78 Å². The van der Waals surface area contributed by atoms with E-state index in [0.717, 1.165) is 12.0 Å². The van der Waals surface area contributed by atoms with E-state index in [1.54, 1.807) is 0 Å². The summed E-state index contributed by atoms with van der Waals surface area (Å²) in [6.45, 7) is 3.79. The SMILES string of the molecule is CC[C@H](CNC(=O)[C@@H](C)OC(=O)c1cc(F)c(F)cc1Cl)c1ccccc1. The molecule has 4 nitrogen and oxygen atoms in total. The number of hydrogen-bond acceptors (Lipinski definition) is 3. The molecule has 1 N–H and O–H groups in total. The second-order valence-corrected chi connectivity index (χ2v) is 6.46. The highest BCUT2D eigenvalue weighted by Gasteiger charge is 2.23. The van der Waals surface area contributed by atoms with Crippen LogP contribution in [0.5, 0.6) is 0 Å². The number of carbonyl (C=O) groups excluding carboxylic acids is 2. The highest BCUT2D eigenvalue weighted by atomic mass is 35.5. The van der Waals surface area contributed by atoms with Crippen LogP contribution in [-0.4, -0.2) is 24.5 Å². The highest BCUT2D eigenvalue weighted by molar-refractivity contribution is 6.33. The van der Waals surface area contributed by atoms with E-state index in [1.165, 1.54) is 6.92 Å². The van der Waals surface area contributed by atoms with Gasteiger partial charge in [0.2, 0.25) is 0 Å². The first-order valence-corrected chi connectivity index (χ1v) is 8.89. The molecule has 7 heteroatoms. The van der Waals surface area contributed by atoms with Crippen LogP contribution in [0, 0.1) is 11.6 Å². The molecule has 1 amide bonds. The first kappa shape index (κ1) is 20.8. The number of amides is 1. The standard InChI is InChI=1S/C20H20ClF2NO3/c1-3-13(14-7-5-4-6-8-14)11-24-19(25)12(2)27-20(26)15-9-17(22)18(23)10-16(15)21/h4-10,12-13H,3,11H2,1-2H3,(H,24,25)/t12-,13-/m1/s1. The largest absolute Gasteiger partial charge is 0.449 e. The van der Waals surface area contributed by atoms with E-state index in [9.17, 15) is 18.4 Å². The second kappa shape index (κ2) is 9.46. The molecule has 2 rings (SSSR count). The Bertz CT molecular complexity index is 814. The number of carbonyl (C=O) groups is 2. The van der Waals surface area contributed by atoms with Gasteiger partial charge in [-0.05, 0) is 31.0 Å². The molecular weight excluding hydrogens is 376 g/mol. The Morgan fingerprint density at radius 2 is 1.78 bits per heavy atom. The normalized spacial score (nSPS) is 12.9. The van der Waals surface area contributed by atoms with Crippen molar-refractivity contribution in [2.75, 3.05) is 6.54 Å². The van der Waals surface area contributed by atoms with Crippen LogP contribution in [-0.2, 0) is 9.53 Å². The van der Waals surface area contributed by atoms with Crippen LogP contribution in [0.15, 0.2) is 42.5 Å². The monoisotopic (exact) mass is 395 g/mol. The summed E-state index contributed by atoms with van der Waals surface area (Å²) < 4.78 is 31.4. The Kier molecular flexibility index (Phi) is 7.30. The number of benzene rings is 2. The van der Waals surface area contributed by atoms with Gasteiger partial charge in [-0.1, -0.05) is 48.9 Å². The second-order valence-electron chi connectivity index (χ2n) is 6.05. The average molecular weight is 396 g/mol. The Balaban J connectivity index is 1.95. The van der Waals surface area contributed by atoms with E-state index in [-0.39, 0.29) is 16.5 Å². The van der Waals surface area contributed by atoms with Gasteiger partial charge in [0, 0.05) is 12.5 Å². The molecule has 144 valence electrons. The van der Waals surface area contributed by atoms with Crippen molar-refractivity contribution in [3.8, 4) is 0 Å². The molecular formula is C20H20ClF2NO3. The molecule has 0 aliphatic rings. The first-order valence-electron chi connectivity index (χ1n) is 8.51. The van der Waals surface area contributed by atoms with E-state index in [4.69, 9.17) is 16.3 Å². The van der Waals surface area contributed by atoms with Gasteiger partial charge in [0.25, 0.3) is 5.91 Å². The van der Waals surface area contributed by atoms with Gasteiger partial charge in [-0.15, -0.1) is 0 Å². The maximum absolute atomic E-state index is 13.3. The van der Waals surface area contributed by atoms with Crippen molar-refractivity contribution in [1.29, 1.82) is 0 Å². The fraction of sp³-hybridized carbons (Fsp3) is 0.300. The topological polar surface area (TPSA) is 55.4 Å². The van der Waals surface area contributed by atoms with Crippen molar-refractivity contribution >= 4 is 23.5 Å². The summed E-state index contributed by atoms with van der Waals surface area (Å²) in [6, 6.07) is 11.1. The number of nitrogens with one attached hydrogen (secondary N) is 1. The Labute approximate surface area is 161 Å². The summed E-state index contributed by atoms with van der Waals surface area (Å²) >= 11 is 5.74. The minimum Gasteiger partial charge on any atom is -0.449 e. The zero-order valence-electron chi connectivity index (χ0n) is 15.0. The molecule has 0 aliphatic heterocycles. The molecule has 0 heterocycles. The summed E-state index contributed by atoms with van der Waals surface area (Å²) in [5, 5.41) is 2.45. The maximum Gasteiger partial charge on any atom is 0.340 e. The van der Waals surface area contributed by atoms with Gasteiger partial charge in [-0.2, -0.15) is 0 Å². The Morgan fingerprint density at radius 3 is 2.41 bits per heavy atom. The van der Waals surface area contributed by atoms with Gasteiger partial charge in [-0.3, -0.25) is 4.79 Å². The lowest BCUT2D eigenvalue weighted by molar-refractivity contribution is -0.129. The summed E-state index contributed by atoms with van der Waals surface area (Å²) in [4.78, 5) is 24.3. The molecule has 0 radical (unpaired) electrons. The molecule has 27 heavy (non-hydrogen) atoms. The van der Waals surface area contributed by atoms with Crippen molar-refractivity contribution in [3.63, 3.8) is 0 Å². The van der Waals surface area contributed by atoms with Gasteiger partial charge in [0.1, 0.15) is 0 Å². The molecule has 0 saturated carbocycles. The van der Waals surface area contributed by atoms with Gasteiger partial charge in [0.05, 0.1) is 10.6 Å². The van der Waals surface area contributed by atoms with Gasteiger partial charge < -0.3 is 10.1 Å². The highest BCUT2D eigenvalue weighted by Crippen LogP contribution is 2.21. The van der Waals surface area contributed by atoms with Gasteiger partial charge >= 0.3 is 5.97 Å². The number of rotatable bonds is 7. The van der Waals surface area contributed by atoms with E-state index in [0.29, 0.717) is 18.7 Å². The molecule has 0 spiro atoms. The molecule has 0 aromatic heterocycles. The van der Waals surface area contributed by atoms with Crippen LogP contribution in [0.1, 0.15) is 42.1 Å². The molecule has 2 aromatic carbocycles. The van der Waals surface area contributed by atoms with Gasteiger partial charge in [0.15, 0.2) is 17.7 Å². The first-order chi connectivity index (χ1) is 12.8. The Morgan fingerprint density at radius 1 is 1.15 bits per heavy atom. The molecule has 2 atom stereocenters. The summed E-state index contributed by atoms with van der Waals surface area (Å²) in [7, 11) is 0. The predicted molar refractivity (Wildman–Crippen MR) is 98.7 cm³/mol. The molecule has 0 fully saturated rings. The van der Waals surface area contributed by atoms with Gasteiger partial charge in [-0.25, -0.2) is 13.6 Å². The number of halogens is 3. The molecule has 0 bridgehead atoms. The van der Waals surface area contributed by atoms with Crippen LogP contribution in [0.25, 0.3) is 0 Å². The third-order valence-electron chi connectivity index (χ3n) is 4.17. The van der Waals surface area contributed by atoms with Crippen molar-refractivity contribution in [1.82, 2.24) is 5.32 Å². The number of hydrogen-bond donors (Lipinski definition) is 1. The molecule has 0 saturated heterocycles. The van der Waals surface area contributed by atoms with Crippen molar-refractivity contribution < 1.29 is 23.1 Å². The smallest absolute Gasteiger partial charge is 0.340 e. The zero-order valence-corrected chi connectivity index (χ0v) is 15.7. The number of esters is 1. The van der Waals surface area contributed by atoms with Crippen LogP contribution >= 0.6 is 11.6 Å². The average Bonchev–Trinajstić information content (AvgIpc) is 2.65. The minimum absolute atomic E-state index is 0.124. The Hall–Kier alpha value is -2.47. The van der Waals surface area contributed by atoms with Crippen molar-refractivity contribution in [2.24, 2.45) is 0 Å². The number of ether oxygens (including phenoxy) is 1. The lowest BCUT2D eigenvalue weighted by atomic mass is 9.96.